The van der Waals surface area contributed by atoms with E-state index in [9.17, 15) is 14.4 Å². The zero-order chi connectivity index (χ0) is 29.6. The number of rotatable bonds is 8. The fraction of sp³-hybridized carbons (Fsp3) is 0.531. The van der Waals surface area contributed by atoms with Crippen LogP contribution in [0.4, 0.5) is 16.2 Å². The van der Waals surface area contributed by atoms with Crippen LogP contribution in [0.1, 0.15) is 73.4 Å². The van der Waals surface area contributed by atoms with E-state index in [0.717, 1.165) is 60.3 Å². The summed E-state index contributed by atoms with van der Waals surface area (Å²) < 4.78 is 0. The van der Waals surface area contributed by atoms with Crippen molar-refractivity contribution in [2.45, 2.75) is 76.9 Å². The van der Waals surface area contributed by atoms with Crippen molar-refractivity contribution >= 4 is 42.5 Å². The molecule has 224 valence electrons. The highest BCUT2D eigenvalue weighted by atomic mass is 16.2. The number of fused-ring (bicyclic) bond motifs is 1. The summed E-state index contributed by atoms with van der Waals surface area (Å²) in [6.45, 7) is 5.60. The van der Waals surface area contributed by atoms with Crippen molar-refractivity contribution in [1.29, 1.82) is 0 Å². The fourth-order valence-electron chi connectivity index (χ4n) is 6.83. The standard InChI is InChI=1S/C32H45BN6O3/c1-2-37(25-9-4-3-5-10-25)21-24-18-23(19-27(33)30(24)34)31(41)35-20-29(40)38-15-13-26(14-16-38)39-17-12-22-8-6-7-11-28(22)36-32(39)42/h6-8,11,18-19,25-26H,2-5,9-10,12-17,20-21,33-34H2,1H3,(H,35,41)(H,36,42). The van der Waals surface area contributed by atoms with Gasteiger partial charge < -0.3 is 26.2 Å². The van der Waals surface area contributed by atoms with Gasteiger partial charge in [-0.25, -0.2) is 4.79 Å². The van der Waals surface area contributed by atoms with Crippen LogP contribution in [0.3, 0.4) is 0 Å². The van der Waals surface area contributed by atoms with E-state index in [1.807, 2.05) is 43.1 Å². The van der Waals surface area contributed by atoms with Crippen molar-refractivity contribution in [3.8, 4) is 0 Å². The van der Waals surface area contributed by atoms with Crippen molar-refractivity contribution in [2.75, 3.05) is 43.8 Å². The quantitative estimate of drug-likeness (QED) is 0.333. The third-order valence-electron chi connectivity index (χ3n) is 9.41. The van der Waals surface area contributed by atoms with Crippen LogP contribution in [0.25, 0.3) is 0 Å². The Hall–Kier alpha value is -3.53. The zero-order valence-electron chi connectivity index (χ0n) is 25.2. The first-order valence-corrected chi connectivity index (χ1v) is 15.7. The molecule has 1 saturated heterocycles. The first-order chi connectivity index (χ1) is 20.3. The molecule has 0 atom stereocenters. The number of amides is 4. The van der Waals surface area contributed by atoms with Crippen LogP contribution >= 0.6 is 0 Å². The number of likely N-dealkylation sites (tertiary alicyclic amines) is 1. The summed E-state index contributed by atoms with van der Waals surface area (Å²) in [5, 5.41) is 5.88. The van der Waals surface area contributed by atoms with Crippen molar-refractivity contribution < 1.29 is 14.4 Å². The van der Waals surface area contributed by atoms with E-state index in [-0.39, 0.29) is 30.4 Å². The predicted molar refractivity (Wildman–Crippen MR) is 170 cm³/mol. The molecule has 5 rings (SSSR count). The van der Waals surface area contributed by atoms with E-state index in [4.69, 9.17) is 5.73 Å². The number of nitrogen functional groups attached to an aromatic ring is 1. The molecule has 3 aliphatic rings. The number of hydrogen-bond donors (Lipinski definition) is 3. The normalized spacial score (nSPS) is 18.4. The summed E-state index contributed by atoms with van der Waals surface area (Å²) in [5.74, 6) is -0.361. The summed E-state index contributed by atoms with van der Waals surface area (Å²) in [5.41, 5.74) is 11.6. The Kier molecular flexibility index (Phi) is 9.72. The molecule has 0 aromatic heterocycles. The molecule has 10 heteroatoms. The summed E-state index contributed by atoms with van der Waals surface area (Å²) >= 11 is 0. The molecule has 9 nitrogen and oxygen atoms in total. The highest BCUT2D eigenvalue weighted by molar-refractivity contribution is 6.36. The number of hydrogen-bond acceptors (Lipinski definition) is 5. The van der Waals surface area contributed by atoms with Crippen molar-refractivity contribution in [3.63, 3.8) is 0 Å². The summed E-state index contributed by atoms with van der Waals surface area (Å²) in [6.07, 6.45) is 8.53. The molecule has 2 fully saturated rings. The number of carbonyl (C=O) groups excluding carboxylic acids is 3. The van der Waals surface area contributed by atoms with E-state index in [2.05, 4.69) is 28.5 Å². The van der Waals surface area contributed by atoms with Gasteiger partial charge in [0.1, 0.15) is 7.85 Å². The molecule has 2 heterocycles. The largest absolute Gasteiger partial charge is 0.399 e. The van der Waals surface area contributed by atoms with Crippen LogP contribution in [0.5, 0.6) is 0 Å². The molecule has 2 aromatic carbocycles. The Morgan fingerprint density at radius 3 is 2.55 bits per heavy atom. The van der Waals surface area contributed by atoms with Gasteiger partial charge in [0, 0.05) is 55.2 Å². The van der Waals surface area contributed by atoms with Crippen LogP contribution in [0.2, 0.25) is 0 Å². The van der Waals surface area contributed by atoms with Crippen LogP contribution in [-0.4, -0.2) is 85.2 Å². The molecule has 4 amide bonds. The third-order valence-corrected chi connectivity index (χ3v) is 9.41. The van der Waals surface area contributed by atoms with Crippen LogP contribution in [-0.2, 0) is 17.8 Å². The fourth-order valence-corrected chi connectivity index (χ4v) is 6.83. The molecule has 42 heavy (non-hydrogen) atoms. The van der Waals surface area contributed by atoms with Crippen molar-refractivity contribution in [1.82, 2.24) is 20.0 Å². The molecule has 2 aromatic rings. The Bertz CT molecular complexity index is 1290. The topological polar surface area (TPSA) is 111 Å². The van der Waals surface area contributed by atoms with Crippen molar-refractivity contribution in [2.24, 2.45) is 0 Å². The second-order valence-corrected chi connectivity index (χ2v) is 12.0. The van der Waals surface area contributed by atoms with Gasteiger partial charge in [-0.3, -0.25) is 14.5 Å². The number of piperidine rings is 1. The number of nitrogens with two attached hydrogens (primary N) is 1. The zero-order valence-corrected chi connectivity index (χ0v) is 25.2. The summed E-state index contributed by atoms with van der Waals surface area (Å²) in [6, 6.07) is 12.2. The minimum Gasteiger partial charge on any atom is -0.399 e. The second kappa shape index (κ2) is 13.6. The molecule has 0 unspecified atom stereocenters. The molecule has 2 aliphatic heterocycles. The molecular formula is C32H45BN6O3. The van der Waals surface area contributed by atoms with E-state index in [0.29, 0.717) is 31.2 Å². The van der Waals surface area contributed by atoms with Gasteiger partial charge in [0.2, 0.25) is 5.91 Å². The van der Waals surface area contributed by atoms with Crippen molar-refractivity contribution in [3.05, 3.63) is 53.1 Å². The lowest BCUT2D eigenvalue weighted by atomic mass is 9.88. The SMILES string of the molecule is Bc1cc(C(=O)NCC(=O)N2CCC(N3CCc4ccccc4NC3=O)CC2)cc(CN(CC)C2CCCCC2)c1N. The molecular weight excluding hydrogens is 527 g/mol. The predicted octanol–water partition coefficient (Wildman–Crippen LogP) is 2.49. The monoisotopic (exact) mass is 572 g/mol. The number of urea groups is 1. The minimum atomic E-state index is -0.260. The second-order valence-electron chi connectivity index (χ2n) is 12.0. The highest BCUT2D eigenvalue weighted by Gasteiger charge is 2.31. The van der Waals surface area contributed by atoms with Gasteiger partial charge in [0.15, 0.2) is 0 Å². The maximum Gasteiger partial charge on any atom is 0.322 e. The molecule has 0 bridgehead atoms. The molecule has 0 radical (unpaired) electrons. The number of benzene rings is 2. The maximum atomic E-state index is 13.1. The summed E-state index contributed by atoms with van der Waals surface area (Å²) in [4.78, 5) is 45.3. The molecule has 1 aliphatic carbocycles. The highest BCUT2D eigenvalue weighted by Crippen LogP contribution is 2.26. The van der Waals surface area contributed by atoms with Crippen LogP contribution < -0.4 is 21.8 Å². The Labute approximate surface area is 250 Å². The van der Waals surface area contributed by atoms with Gasteiger partial charge in [0.25, 0.3) is 5.91 Å². The van der Waals surface area contributed by atoms with Crippen LogP contribution in [0.15, 0.2) is 36.4 Å². The molecule has 4 N–H and O–H groups in total. The maximum absolute atomic E-state index is 13.1. The number of para-hydroxylation sites is 1. The first kappa shape index (κ1) is 29.9. The third kappa shape index (κ3) is 6.91. The van der Waals surface area contributed by atoms with Gasteiger partial charge in [-0.2, -0.15) is 0 Å². The summed E-state index contributed by atoms with van der Waals surface area (Å²) in [7, 11) is 1.94. The van der Waals surface area contributed by atoms with Gasteiger partial charge in [-0.15, -0.1) is 0 Å². The van der Waals surface area contributed by atoms with Gasteiger partial charge in [0.05, 0.1) is 6.54 Å². The number of nitrogens with zero attached hydrogens (tertiary/aromatic N) is 3. The number of anilines is 2. The van der Waals surface area contributed by atoms with Gasteiger partial charge in [-0.1, -0.05) is 55.9 Å². The van der Waals surface area contributed by atoms with Gasteiger partial charge in [-0.05, 0) is 61.9 Å². The van der Waals surface area contributed by atoms with E-state index in [1.165, 1.54) is 32.1 Å². The van der Waals surface area contributed by atoms with Crippen LogP contribution in [0, 0.1) is 0 Å². The van der Waals surface area contributed by atoms with E-state index >= 15 is 0 Å². The number of nitrogens with one attached hydrogen (secondary N) is 2. The lowest BCUT2D eigenvalue weighted by Gasteiger charge is -2.38. The average Bonchev–Trinajstić information content (AvgIpc) is 3.18. The lowest BCUT2D eigenvalue weighted by Crippen LogP contribution is -2.51. The number of carbonyl (C=O) groups is 3. The molecule has 0 spiro atoms. The smallest absolute Gasteiger partial charge is 0.322 e. The average molecular weight is 573 g/mol. The van der Waals surface area contributed by atoms with E-state index in [1.54, 1.807) is 4.90 Å². The molecule has 1 saturated carbocycles. The lowest BCUT2D eigenvalue weighted by molar-refractivity contribution is -0.131. The Morgan fingerprint density at radius 2 is 1.81 bits per heavy atom. The minimum absolute atomic E-state index is 0.0507. The van der Waals surface area contributed by atoms with Gasteiger partial charge >= 0.3 is 6.03 Å². The Morgan fingerprint density at radius 1 is 1.07 bits per heavy atom. The Balaban J connectivity index is 1.13. The van der Waals surface area contributed by atoms with E-state index < -0.39 is 0 Å². The first-order valence-electron chi connectivity index (χ1n) is 15.7.